The normalized spacial score (nSPS) is 19.4. The third-order valence-electron chi connectivity index (χ3n) is 3.55. The Labute approximate surface area is 100 Å². The SMILES string of the molecule is O=C(O)c1ccc(OC(C2CC2)C2CC2)cc1. The topological polar surface area (TPSA) is 46.5 Å². The fraction of sp³-hybridized carbons (Fsp3) is 0.500. The van der Waals surface area contributed by atoms with Gasteiger partial charge in [0.25, 0.3) is 0 Å². The molecule has 2 aliphatic carbocycles. The Morgan fingerprint density at radius 2 is 1.65 bits per heavy atom. The summed E-state index contributed by atoms with van der Waals surface area (Å²) in [5, 5.41) is 8.81. The number of carboxylic acid groups (broad SMARTS) is 1. The fourth-order valence-electron chi connectivity index (χ4n) is 2.26. The van der Waals surface area contributed by atoms with E-state index in [1.807, 2.05) is 0 Å². The number of benzene rings is 1. The van der Waals surface area contributed by atoms with Crippen LogP contribution in [-0.4, -0.2) is 17.2 Å². The highest BCUT2D eigenvalue weighted by atomic mass is 16.5. The molecular weight excluding hydrogens is 216 g/mol. The van der Waals surface area contributed by atoms with Crippen molar-refractivity contribution >= 4 is 5.97 Å². The van der Waals surface area contributed by atoms with E-state index in [4.69, 9.17) is 9.84 Å². The largest absolute Gasteiger partial charge is 0.490 e. The highest BCUT2D eigenvalue weighted by Crippen LogP contribution is 2.46. The van der Waals surface area contributed by atoms with Crippen molar-refractivity contribution in [3.8, 4) is 5.75 Å². The Bertz CT molecular complexity index is 404. The van der Waals surface area contributed by atoms with Gasteiger partial charge < -0.3 is 9.84 Å². The van der Waals surface area contributed by atoms with Gasteiger partial charge in [-0.05, 0) is 61.8 Å². The Hall–Kier alpha value is -1.51. The van der Waals surface area contributed by atoms with Crippen molar-refractivity contribution in [3.63, 3.8) is 0 Å². The van der Waals surface area contributed by atoms with E-state index >= 15 is 0 Å². The molecule has 2 fully saturated rings. The molecule has 0 atom stereocenters. The van der Waals surface area contributed by atoms with Gasteiger partial charge in [0, 0.05) is 0 Å². The van der Waals surface area contributed by atoms with Crippen LogP contribution in [0.25, 0.3) is 0 Å². The zero-order valence-corrected chi connectivity index (χ0v) is 9.63. The molecule has 0 heterocycles. The Morgan fingerprint density at radius 3 is 2.06 bits per heavy atom. The van der Waals surface area contributed by atoms with Crippen molar-refractivity contribution in [1.82, 2.24) is 0 Å². The summed E-state index contributed by atoms with van der Waals surface area (Å²) in [6, 6.07) is 6.74. The third-order valence-corrected chi connectivity index (χ3v) is 3.55. The molecule has 1 N–H and O–H groups in total. The van der Waals surface area contributed by atoms with Crippen molar-refractivity contribution < 1.29 is 14.6 Å². The first-order valence-corrected chi connectivity index (χ1v) is 6.24. The summed E-state index contributed by atoms with van der Waals surface area (Å²) in [4.78, 5) is 10.7. The highest BCUT2D eigenvalue weighted by Gasteiger charge is 2.43. The zero-order valence-electron chi connectivity index (χ0n) is 9.63. The molecule has 0 bridgehead atoms. The fourth-order valence-corrected chi connectivity index (χ4v) is 2.26. The maximum atomic E-state index is 10.7. The second-order valence-electron chi connectivity index (χ2n) is 5.09. The zero-order chi connectivity index (χ0) is 11.8. The van der Waals surface area contributed by atoms with Gasteiger partial charge in [-0.2, -0.15) is 0 Å². The number of carbonyl (C=O) groups is 1. The van der Waals surface area contributed by atoms with Crippen molar-refractivity contribution in [2.75, 3.05) is 0 Å². The van der Waals surface area contributed by atoms with E-state index < -0.39 is 5.97 Å². The second-order valence-corrected chi connectivity index (χ2v) is 5.09. The summed E-state index contributed by atoms with van der Waals surface area (Å²) in [6.07, 6.45) is 5.51. The van der Waals surface area contributed by atoms with Gasteiger partial charge in [0.15, 0.2) is 0 Å². The van der Waals surface area contributed by atoms with E-state index in [2.05, 4.69) is 0 Å². The van der Waals surface area contributed by atoms with Gasteiger partial charge in [0.05, 0.1) is 5.56 Å². The van der Waals surface area contributed by atoms with Crippen LogP contribution in [0.5, 0.6) is 5.75 Å². The molecule has 3 rings (SSSR count). The predicted molar refractivity (Wildman–Crippen MR) is 63.3 cm³/mol. The molecule has 0 saturated heterocycles. The predicted octanol–water partition coefficient (Wildman–Crippen LogP) is 2.95. The number of hydrogen-bond donors (Lipinski definition) is 1. The van der Waals surface area contributed by atoms with E-state index in [9.17, 15) is 4.79 Å². The lowest BCUT2D eigenvalue weighted by molar-refractivity contribution is 0.0697. The lowest BCUT2D eigenvalue weighted by Crippen LogP contribution is -2.21. The van der Waals surface area contributed by atoms with Gasteiger partial charge in [0.1, 0.15) is 11.9 Å². The molecule has 17 heavy (non-hydrogen) atoms. The first-order chi connectivity index (χ1) is 8.24. The number of carboxylic acids is 1. The van der Waals surface area contributed by atoms with Crippen molar-refractivity contribution in [1.29, 1.82) is 0 Å². The highest BCUT2D eigenvalue weighted by molar-refractivity contribution is 5.87. The van der Waals surface area contributed by atoms with Gasteiger partial charge >= 0.3 is 5.97 Å². The van der Waals surface area contributed by atoms with Crippen LogP contribution >= 0.6 is 0 Å². The van der Waals surface area contributed by atoms with Gasteiger partial charge in [-0.25, -0.2) is 4.79 Å². The molecule has 1 aromatic carbocycles. The standard InChI is InChI=1S/C14H16O3/c15-14(16)11-5-7-12(8-6-11)17-13(9-1-2-9)10-3-4-10/h5-10,13H,1-4H2,(H,15,16). The summed E-state index contributed by atoms with van der Waals surface area (Å²) in [5.74, 6) is 1.39. The lowest BCUT2D eigenvalue weighted by atomic mass is 10.1. The van der Waals surface area contributed by atoms with Crippen LogP contribution in [0.1, 0.15) is 36.0 Å². The Kier molecular flexibility index (Phi) is 2.54. The maximum absolute atomic E-state index is 10.7. The van der Waals surface area contributed by atoms with E-state index in [0.29, 0.717) is 11.7 Å². The Balaban J connectivity index is 1.68. The molecule has 2 saturated carbocycles. The van der Waals surface area contributed by atoms with Crippen LogP contribution in [0, 0.1) is 11.8 Å². The van der Waals surface area contributed by atoms with Crippen LogP contribution in [0.3, 0.4) is 0 Å². The molecule has 1 aromatic rings. The molecule has 2 aliphatic rings. The summed E-state index contributed by atoms with van der Waals surface area (Å²) < 4.78 is 6.00. The quantitative estimate of drug-likeness (QED) is 0.849. The van der Waals surface area contributed by atoms with Gasteiger partial charge in [-0.15, -0.1) is 0 Å². The minimum Gasteiger partial charge on any atom is -0.490 e. The van der Waals surface area contributed by atoms with Gasteiger partial charge in [0.2, 0.25) is 0 Å². The third kappa shape index (κ3) is 2.43. The molecule has 0 aromatic heterocycles. The second kappa shape index (κ2) is 4.06. The number of hydrogen-bond acceptors (Lipinski definition) is 2. The van der Waals surface area contributed by atoms with Crippen LogP contribution in [0.15, 0.2) is 24.3 Å². The van der Waals surface area contributed by atoms with E-state index in [1.54, 1.807) is 24.3 Å². The molecule has 3 heteroatoms. The first-order valence-electron chi connectivity index (χ1n) is 6.24. The molecule has 0 aliphatic heterocycles. The van der Waals surface area contributed by atoms with Crippen molar-refractivity contribution in [2.24, 2.45) is 11.8 Å². The molecule has 0 radical (unpaired) electrons. The van der Waals surface area contributed by atoms with Crippen LogP contribution in [0.4, 0.5) is 0 Å². The van der Waals surface area contributed by atoms with E-state index in [-0.39, 0.29) is 0 Å². The average Bonchev–Trinajstić information content (AvgIpc) is 3.17. The summed E-state index contributed by atoms with van der Waals surface area (Å²) in [7, 11) is 0. The van der Waals surface area contributed by atoms with Crippen LogP contribution in [0.2, 0.25) is 0 Å². The smallest absolute Gasteiger partial charge is 0.335 e. The minimum atomic E-state index is -0.891. The summed E-state index contributed by atoms with van der Waals surface area (Å²) in [5.41, 5.74) is 0.312. The van der Waals surface area contributed by atoms with Crippen molar-refractivity contribution in [3.05, 3.63) is 29.8 Å². The number of rotatable bonds is 5. The van der Waals surface area contributed by atoms with Gasteiger partial charge in [-0.1, -0.05) is 0 Å². The van der Waals surface area contributed by atoms with Crippen LogP contribution < -0.4 is 4.74 Å². The molecule has 3 nitrogen and oxygen atoms in total. The lowest BCUT2D eigenvalue weighted by Gasteiger charge is -2.18. The van der Waals surface area contributed by atoms with E-state index in [0.717, 1.165) is 17.6 Å². The average molecular weight is 232 g/mol. The van der Waals surface area contributed by atoms with E-state index in [1.165, 1.54) is 25.7 Å². The minimum absolute atomic E-state index is 0.312. The summed E-state index contributed by atoms with van der Waals surface area (Å²) >= 11 is 0. The molecule has 0 spiro atoms. The van der Waals surface area contributed by atoms with Gasteiger partial charge in [-0.3, -0.25) is 0 Å². The monoisotopic (exact) mass is 232 g/mol. The molecule has 0 unspecified atom stereocenters. The Morgan fingerprint density at radius 1 is 1.12 bits per heavy atom. The molecular formula is C14H16O3. The number of ether oxygens (including phenoxy) is 1. The first kappa shape index (κ1) is 10.6. The van der Waals surface area contributed by atoms with Crippen LogP contribution in [-0.2, 0) is 0 Å². The molecule has 0 amide bonds. The maximum Gasteiger partial charge on any atom is 0.335 e. The van der Waals surface area contributed by atoms with Crippen molar-refractivity contribution in [2.45, 2.75) is 31.8 Å². The molecule has 90 valence electrons. The number of aromatic carboxylic acids is 1. The summed E-state index contributed by atoms with van der Waals surface area (Å²) in [6.45, 7) is 0.